The molecule has 2 aromatic carbocycles. The summed E-state index contributed by atoms with van der Waals surface area (Å²) in [5, 5.41) is 6.19. The Bertz CT molecular complexity index is 892. The van der Waals surface area contributed by atoms with Gasteiger partial charge in [0.2, 0.25) is 11.8 Å². The predicted molar refractivity (Wildman–Crippen MR) is 115 cm³/mol. The Hall–Kier alpha value is -2.70. The Morgan fingerprint density at radius 2 is 1.76 bits per heavy atom. The smallest absolute Gasteiger partial charge is 0.244 e. The highest BCUT2D eigenvalue weighted by molar-refractivity contribution is 6.11. The second-order valence-electron chi connectivity index (χ2n) is 7.84. The van der Waals surface area contributed by atoms with Crippen LogP contribution in [0.5, 0.6) is 0 Å². The summed E-state index contributed by atoms with van der Waals surface area (Å²) in [6, 6.07) is 15.4. The van der Waals surface area contributed by atoms with Crippen molar-refractivity contribution < 1.29 is 9.59 Å². The Morgan fingerprint density at radius 1 is 1.07 bits per heavy atom. The monoisotopic (exact) mass is 392 g/mol. The third-order valence-electron chi connectivity index (χ3n) is 5.72. The van der Waals surface area contributed by atoms with Crippen LogP contribution in [-0.2, 0) is 22.7 Å². The van der Waals surface area contributed by atoms with Crippen LogP contribution in [0.25, 0.3) is 0 Å². The first-order valence-electron chi connectivity index (χ1n) is 10.3. The van der Waals surface area contributed by atoms with Gasteiger partial charge in [0.05, 0.1) is 17.4 Å². The molecule has 2 N–H and O–H groups in total. The number of anilines is 2. The molecule has 2 aliphatic rings. The molecule has 2 aliphatic heterocycles. The van der Waals surface area contributed by atoms with Crippen LogP contribution in [0.1, 0.15) is 30.9 Å². The third-order valence-corrected chi connectivity index (χ3v) is 5.72. The molecule has 0 saturated carbocycles. The molecule has 0 aliphatic carbocycles. The summed E-state index contributed by atoms with van der Waals surface area (Å²) in [5.74, 6) is -0.260. The number of fused-ring (bicyclic) bond motifs is 1. The average Bonchev–Trinajstić information content (AvgIpc) is 3.25. The molecule has 152 valence electrons. The molecule has 0 aromatic heterocycles. The molecule has 2 heterocycles. The van der Waals surface area contributed by atoms with Gasteiger partial charge in [-0.2, -0.15) is 0 Å². The van der Waals surface area contributed by atoms with E-state index in [0.29, 0.717) is 12.2 Å². The normalized spacial score (nSPS) is 17.7. The number of nitrogens with one attached hydrogen (secondary N) is 2. The van der Waals surface area contributed by atoms with Crippen LogP contribution in [0.4, 0.5) is 11.4 Å². The van der Waals surface area contributed by atoms with Gasteiger partial charge in [-0.15, -0.1) is 0 Å². The largest absolute Gasteiger partial charge is 0.323 e. The van der Waals surface area contributed by atoms with Gasteiger partial charge >= 0.3 is 0 Å². The van der Waals surface area contributed by atoms with Crippen molar-refractivity contribution >= 4 is 23.2 Å². The van der Waals surface area contributed by atoms with Crippen LogP contribution in [0, 0.1) is 0 Å². The van der Waals surface area contributed by atoms with Gasteiger partial charge in [0.15, 0.2) is 0 Å². The van der Waals surface area contributed by atoms with E-state index in [1.54, 1.807) is 4.90 Å². The van der Waals surface area contributed by atoms with Gasteiger partial charge in [-0.1, -0.05) is 36.4 Å². The van der Waals surface area contributed by atoms with Crippen molar-refractivity contribution in [1.82, 2.24) is 10.2 Å². The molecule has 6 heteroatoms. The minimum atomic E-state index is -0.395. The second kappa shape index (κ2) is 8.76. The fourth-order valence-corrected chi connectivity index (χ4v) is 4.08. The van der Waals surface area contributed by atoms with Gasteiger partial charge < -0.3 is 10.6 Å². The van der Waals surface area contributed by atoms with E-state index in [9.17, 15) is 9.59 Å². The Kier molecular flexibility index (Phi) is 5.92. The van der Waals surface area contributed by atoms with Gasteiger partial charge in [0.1, 0.15) is 6.54 Å². The van der Waals surface area contributed by atoms with E-state index in [0.717, 1.165) is 25.3 Å². The van der Waals surface area contributed by atoms with E-state index in [2.05, 4.69) is 33.7 Å². The lowest BCUT2D eigenvalue weighted by atomic mass is 10.1. The van der Waals surface area contributed by atoms with Crippen LogP contribution >= 0.6 is 0 Å². The summed E-state index contributed by atoms with van der Waals surface area (Å²) in [6.45, 7) is 5.81. The highest BCUT2D eigenvalue weighted by Crippen LogP contribution is 2.29. The zero-order valence-corrected chi connectivity index (χ0v) is 16.9. The third kappa shape index (κ3) is 4.49. The van der Waals surface area contributed by atoms with E-state index in [-0.39, 0.29) is 18.4 Å². The number of para-hydroxylation sites is 2. The van der Waals surface area contributed by atoms with E-state index in [4.69, 9.17) is 0 Å². The van der Waals surface area contributed by atoms with Crippen LogP contribution in [-0.4, -0.2) is 42.4 Å². The number of carbonyl (C=O) groups excluding carboxylic acids is 2. The highest BCUT2D eigenvalue weighted by Gasteiger charge is 2.29. The van der Waals surface area contributed by atoms with Crippen molar-refractivity contribution in [3.8, 4) is 0 Å². The summed E-state index contributed by atoms with van der Waals surface area (Å²) in [6.07, 6.45) is 2.55. The van der Waals surface area contributed by atoms with Gasteiger partial charge in [-0.3, -0.25) is 19.4 Å². The molecule has 0 radical (unpaired) electrons. The van der Waals surface area contributed by atoms with E-state index in [1.807, 2.05) is 37.3 Å². The standard InChI is InChI=1S/C23H28N4O2/c1-17(23(29)27-16-22(28)25-20-10-4-5-11-21(20)27)24-14-18-8-2-3-9-19(18)15-26-12-6-7-13-26/h2-5,8-11,17,24H,6-7,12-16H2,1H3,(H,25,28). The first kappa shape index (κ1) is 19.6. The van der Waals surface area contributed by atoms with Crippen LogP contribution in [0.3, 0.4) is 0 Å². The maximum atomic E-state index is 13.1. The number of benzene rings is 2. The molecule has 29 heavy (non-hydrogen) atoms. The zero-order chi connectivity index (χ0) is 20.2. The maximum absolute atomic E-state index is 13.1. The Labute approximate surface area is 171 Å². The van der Waals surface area contributed by atoms with E-state index >= 15 is 0 Å². The average molecular weight is 393 g/mol. The number of likely N-dealkylation sites (tertiary alicyclic amines) is 1. The SMILES string of the molecule is CC(NCc1ccccc1CN1CCCC1)C(=O)N1CC(=O)Nc2ccccc21. The quantitative estimate of drug-likeness (QED) is 0.793. The molecule has 6 nitrogen and oxygen atoms in total. The molecule has 0 bridgehead atoms. The highest BCUT2D eigenvalue weighted by atomic mass is 16.2. The first-order valence-corrected chi connectivity index (χ1v) is 10.3. The molecule has 1 fully saturated rings. The summed E-state index contributed by atoms with van der Waals surface area (Å²) < 4.78 is 0. The second-order valence-corrected chi connectivity index (χ2v) is 7.84. The lowest BCUT2D eigenvalue weighted by Crippen LogP contribution is -2.49. The van der Waals surface area contributed by atoms with Gasteiger partial charge in [-0.25, -0.2) is 0 Å². The fourth-order valence-electron chi connectivity index (χ4n) is 4.08. The number of amides is 2. The summed E-state index contributed by atoms with van der Waals surface area (Å²) in [4.78, 5) is 29.1. The van der Waals surface area contributed by atoms with Gasteiger partial charge in [-0.05, 0) is 56.1 Å². The minimum absolute atomic E-state index is 0.0490. The number of nitrogens with zero attached hydrogens (tertiary/aromatic N) is 2. The minimum Gasteiger partial charge on any atom is -0.323 e. The van der Waals surface area contributed by atoms with Crippen LogP contribution in [0.15, 0.2) is 48.5 Å². The van der Waals surface area contributed by atoms with Gasteiger partial charge in [0, 0.05) is 13.1 Å². The molecule has 2 aromatic rings. The molecule has 4 rings (SSSR count). The van der Waals surface area contributed by atoms with E-state index < -0.39 is 6.04 Å². The molecular formula is C23H28N4O2. The van der Waals surface area contributed by atoms with Crippen LogP contribution in [0.2, 0.25) is 0 Å². The summed E-state index contributed by atoms with van der Waals surface area (Å²) >= 11 is 0. The zero-order valence-electron chi connectivity index (χ0n) is 16.9. The molecule has 1 saturated heterocycles. The van der Waals surface area contributed by atoms with Crippen molar-refractivity contribution in [2.75, 3.05) is 29.9 Å². The van der Waals surface area contributed by atoms with Crippen molar-refractivity contribution in [1.29, 1.82) is 0 Å². The van der Waals surface area contributed by atoms with Crippen molar-refractivity contribution in [3.05, 3.63) is 59.7 Å². The lowest BCUT2D eigenvalue weighted by molar-refractivity contribution is -0.123. The predicted octanol–water partition coefficient (Wildman–Crippen LogP) is 2.75. The summed E-state index contributed by atoms with van der Waals surface area (Å²) in [7, 11) is 0. The maximum Gasteiger partial charge on any atom is 0.244 e. The molecule has 2 amide bonds. The molecule has 1 unspecified atom stereocenters. The lowest BCUT2D eigenvalue weighted by Gasteiger charge is -2.31. The van der Waals surface area contributed by atoms with Crippen molar-refractivity contribution in [2.24, 2.45) is 0 Å². The van der Waals surface area contributed by atoms with Gasteiger partial charge in [0.25, 0.3) is 0 Å². The number of rotatable bonds is 6. The molecular weight excluding hydrogens is 364 g/mol. The molecule has 1 atom stereocenters. The van der Waals surface area contributed by atoms with Crippen molar-refractivity contribution in [3.63, 3.8) is 0 Å². The first-order chi connectivity index (χ1) is 14.1. The van der Waals surface area contributed by atoms with E-state index in [1.165, 1.54) is 24.0 Å². The Balaban J connectivity index is 1.42. The Morgan fingerprint density at radius 3 is 2.55 bits per heavy atom. The van der Waals surface area contributed by atoms with Crippen molar-refractivity contribution in [2.45, 2.75) is 38.9 Å². The summed E-state index contributed by atoms with van der Waals surface area (Å²) in [5.41, 5.74) is 3.96. The topological polar surface area (TPSA) is 64.7 Å². The van der Waals surface area contributed by atoms with Crippen LogP contribution < -0.4 is 15.5 Å². The number of hydrogen-bond acceptors (Lipinski definition) is 4. The number of carbonyl (C=O) groups is 2. The molecule has 0 spiro atoms. The number of hydrogen-bond donors (Lipinski definition) is 2. The fraction of sp³-hybridized carbons (Fsp3) is 0.391.